The Bertz CT molecular complexity index is 559. The first-order valence-corrected chi connectivity index (χ1v) is 7.41. The maximum Gasteiger partial charge on any atom is 0.0802 e. The average molecular weight is 326 g/mol. The molecule has 0 aliphatic rings. The van der Waals surface area contributed by atoms with Gasteiger partial charge in [-0.2, -0.15) is 5.10 Å². The van der Waals surface area contributed by atoms with Crippen LogP contribution in [0.4, 0.5) is 0 Å². The summed E-state index contributed by atoms with van der Waals surface area (Å²) in [6.07, 6.45) is 4.37. The van der Waals surface area contributed by atoms with E-state index >= 15 is 0 Å². The average Bonchev–Trinajstić information content (AvgIpc) is 2.98. The predicted octanol–water partition coefficient (Wildman–Crippen LogP) is 3.27. The molecule has 0 aromatic carbocycles. The lowest BCUT2D eigenvalue weighted by Crippen LogP contribution is -2.07. The van der Waals surface area contributed by atoms with Crippen molar-refractivity contribution in [3.8, 4) is 0 Å². The van der Waals surface area contributed by atoms with Gasteiger partial charge in [-0.05, 0) is 47.8 Å². The first-order chi connectivity index (χ1) is 9.06. The van der Waals surface area contributed by atoms with E-state index in [0.29, 0.717) is 0 Å². The Labute approximate surface area is 122 Å². The summed E-state index contributed by atoms with van der Waals surface area (Å²) in [6, 6.07) is 1.97. The van der Waals surface area contributed by atoms with Crippen molar-refractivity contribution in [1.82, 2.24) is 14.3 Å². The number of rotatable bonds is 5. The normalized spacial score (nSPS) is 12.9. The van der Waals surface area contributed by atoms with E-state index in [9.17, 15) is 5.11 Å². The second-order valence-corrected chi connectivity index (χ2v) is 5.50. The molecule has 5 heteroatoms. The zero-order chi connectivity index (χ0) is 14.0. The lowest BCUT2D eigenvalue weighted by Gasteiger charge is -2.07. The number of aromatic nitrogens is 3. The van der Waals surface area contributed by atoms with Crippen molar-refractivity contribution in [2.45, 2.75) is 46.4 Å². The fourth-order valence-corrected chi connectivity index (χ4v) is 2.59. The van der Waals surface area contributed by atoms with Crippen LogP contribution in [-0.2, 0) is 13.1 Å². The minimum Gasteiger partial charge on any atom is -0.388 e. The summed E-state index contributed by atoms with van der Waals surface area (Å²) >= 11 is 3.60. The molecule has 0 saturated carbocycles. The van der Waals surface area contributed by atoms with E-state index in [4.69, 9.17) is 0 Å². The maximum atomic E-state index is 9.83. The molecule has 104 valence electrons. The van der Waals surface area contributed by atoms with Crippen molar-refractivity contribution < 1.29 is 5.11 Å². The lowest BCUT2D eigenvalue weighted by atomic mass is 10.1. The van der Waals surface area contributed by atoms with Crippen molar-refractivity contribution in [2.75, 3.05) is 0 Å². The van der Waals surface area contributed by atoms with Crippen molar-refractivity contribution in [3.63, 3.8) is 0 Å². The van der Waals surface area contributed by atoms with Crippen LogP contribution in [0.1, 0.15) is 43.3 Å². The Kier molecular flexibility index (Phi) is 4.47. The molecule has 0 aliphatic carbocycles. The van der Waals surface area contributed by atoms with Crippen molar-refractivity contribution in [2.24, 2.45) is 0 Å². The van der Waals surface area contributed by atoms with Crippen LogP contribution in [0.3, 0.4) is 0 Å². The molecule has 1 unspecified atom stereocenters. The molecule has 1 N–H and O–H groups in total. The molecule has 0 bridgehead atoms. The van der Waals surface area contributed by atoms with E-state index in [0.717, 1.165) is 40.9 Å². The number of halogens is 1. The Morgan fingerprint density at radius 1 is 1.42 bits per heavy atom. The van der Waals surface area contributed by atoms with Gasteiger partial charge >= 0.3 is 0 Å². The lowest BCUT2D eigenvalue weighted by molar-refractivity contribution is 0.173. The predicted molar refractivity (Wildman–Crippen MR) is 79.1 cm³/mol. The van der Waals surface area contributed by atoms with E-state index in [-0.39, 0.29) is 6.10 Å². The highest BCUT2D eigenvalue weighted by Crippen LogP contribution is 2.23. The molecule has 2 heterocycles. The van der Waals surface area contributed by atoms with Crippen molar-refractivity contribution in [1.29, 1.82) is 0 Å². The molecule has 4 nitrogen and oxygen atoms in total. The topological polar surface area (TPSA) is 43.0 Å². The maximum absolute atomic E-state index is 9.83. The molecular weight excluding hydrogens is 306 g/mol. The Hall–Kier alpha value is -1.07. The molecule has 19 heavy (non-hydrogen) atoms. The zero-order valence-electron chi connectivity index (χ0n) is 11.6. The first-order valence-electron chi connectivity index (χ1n) is 6.62. The number of aliphatic hydroxyl groups excluding tert-OH is 1. The molecular formula is C14H20BrN3O. The van der Waals surface area contributed by atoms with Crippen LogP contribution < -0.4 is 0 Å². The van der Waals surface area contributed by atoms with Crippen molar-refractivity contribution >= 4 is 15.9 Å². The third-order valence-corrected chi connectivity index (χ3v) is 4.36. The van der Waals surface area contributed by atoms with E-state index in [1.54, 1.807) is 0 Å². The van der Waals surface area contributed by atoms with Gasteiger partial charge in [0.15, 0.2) is 0 Å². The largest absolute Gasteiger partial charge is 0.388 e. The third-order valence-electron chi connectivity index (χ3n) is 3.33. The Morgan fingerprint density at radius 2 is 2.16 bits per heavy atom. The number of hydrogen-bond acceptors (Lipinski definition) is 2. The minimum atomic E-state index is -0.373. The van der Waals surface area contributed by atoms with Crippen LogP contribution in [0.2, 0.25) is 0 Å². The highest BCUT2D eigenvalue weighted by molar-refractivity contribution is 9.10. The molecule has 0 aliphatic heterocycles. The van der Waals surface area contributed by atoms with E-state index in [1.807, 2.05) is 37.0 Å². The number of aryl methyl sites for hydroxylation is 2. The minimum absolute atomic E-state index is 0.373. The highest BCUT2D eigenvalue weighted by Gasteiger charge is 2.13. The van der Waals surface area contributed by atoms with Crippen LogP contribution in [0.25, 0.3) is 0 Å². The van der Waals surface area contributed by atoms with Gasteiger partial charge in [0.2, 0.25) is 0 Å². The molecule has 0 saturated heterocycles. The summed E-state index contributed by atoms with van der Waals surface area (Å²) in [5, 5.41) is 14.3. The Morgan fingerprint density at radius 3 is 2.79 bits per heavy atom. The number of aliphatic hydroxyl groups is 1. The smallest absolute Gasteiger partial charge is 0.0802 e. The fourth-order valence-electron chi connectivity index (χ4n) is 2.18. The number of nitrogens with zero attached hydrogens (tertiary/aromatic N) is 3. The van der Waals surface area contributed by atoms with Gasteiger partial charge in [0.25, 0.3) is 0 Å². The summed E-state index contributed by atoms with van der Waals surface area (Å²) in [5.41, 5.74) is 3.14. The summed E-state index contributed by atoms with van der Waals surface area (Å²) < 4.78 is 5.16. The molecule has 0 amide bonds. The monoisotopic (exact) mass is 325 g/mol. The van der Waals surface area contributed by atoms with Crippen LogP contribution in [0.15, 0.2) is 22.9 Å². The molecule has 2 aromatic heterocycles. The molecule has 2 rings (SSSR count). The standard InChI is InChI=1S/C14H20BrN3O/c1-4-13(19)11-6-7-17(8-11)9-12-14(15)10(3)16-18(12)5-2/h6-8,13,19H,4-5,9H2,1-3H3. The highest BCUT2D eigenvalue weighted by atomic mass is 79.9. The molecule has 0 fully saturated rings. The second kappa shape index (κ2) is 5.92. The Balaban J connectivity index is 2.24. The van der Waals surface area contributed by atoms with Crippen LogP contribution >= 0.6 is 15.9 Å². The van der Waals surface area contributed by atoms with E-state index in [2.05, 4.69) is 32.5 Å². The second-order valence-electron chi connectivity index (χ2n) is 4.70. The number of hydrogen-bond donors (Lipinski definition) is 1. The van der Waals surface area contributed by atoms with Crippen LogP contribution in [0.5, 0.6) is 0 Å². The summed E-state index contributed by atoms with van der Waals surface area (Å²) in [7, 11) is 0. The van der Waals surface area contributed by atoms with Crippen LogP contribution in [-0.4, -0.2) is 19.5 Å². The quantitative estimate of drug-likeness (QED) is 0.916. The fraction of sp³-hybridized carbons (Fsp3) is 0.500. The molecule has 0 spiro atoms. The summed E-state index contributed by atoms with van der Waals surface area (Å²) in [4.78, 5) is 0. The van der Waals surface area contributed by atoms with E-state index < -0.39 is 0 Å². The molecule has 2 aromatic rings. The van der Waals surface area contributed by atoms with Gasteiger partial charge < -0.3 is 9.67 Å². The van der Waals surface area contributed by atoms with Gasteiger partial charge in [-0.3, -0.25) is 4.68 Å². The van der Waals surface area contributed by atoms with Gasteiger partial charge in [-0.25, -0.2) is 0 Å². The van der Waals surface area contributed by atoms with Gasteiger partial charge in [-0.1, -0.05) is 6.92 Å². The first kappa shape index (κ1) is 14.3. The van der Waals surface area contributed by atoms with E-state index in [1.165, 1.54) is 0 Å². The van der Waals surface area contributed by atoms with Gasteiger partial charge in [0.05, 0.1) is 28.5 Å². The molecule has 1 atom stereocenters. The van der Waals surface area contributed by atoms with Gasteiger partial charge in [-0.15, -0.1) is 0 Å². The zero-order valence-corrected chi connectivity index (χ0v) is 13.2. The summed E-state index contributed by atoms with van der Waals surface area (Å²) in [5.74, 6) is 0. The SMILES string of the molecule is CCC(O)c1ccn(Cc2c(Br)c(C)nn2CC)c1. The van der Waals surface area contributed by atoms with Crippen LogP contribution in [0, 0.1) is 6.92 Å². The third kappa shape index (κ3) is 2.92. The molecule has 0 radical (unpaired) electrons. The van der Waals surface area contributed by atoms with Gasteiger partial charge in [0, 0.05) is 18.9 Å². The van der Waals surface area contributed by atoms with Crippen molar-refractivity contribution in [3.05, 3.63) is 39.9 Å². The van der Waals surface area contributed by atoms with Gasteiger partial charge in [0.1, 0.15) is 0 Å². The summed E-state index contributed by atoms with van der Waals surface area (Å²) in [6.45, 7) is 7.68.